The first-order valence-corrected chi connectivity index (χ1v) is 7.57. The number of nitrogens with one attached hydrogen (secondary N) is 1. The molecule has 8 nitrogen and oxygen atoms in total. The number of cyclic esters (lactones) is 1. The molecule has 2 heterocycles. The molecule has 0 aliphatic carbocycles. The summed E-state index contributed by atoms with van der Waals surface area (Å²) in [5, 5.41) is 6.93. The quantitative estimate of drug-likeness (QED) is 0.931. The van der Waals surface area contributed by atoms with Crippen LogP contribution in [0.1, 0.15) is 5.56 Å². The molecule has 0 saturated carbocycles. The molecular formula is C16H19N5O3. The Labute approximate surface area is 139 Å². The summed E-state index contributed by atoms with van der Waals surface area (Å²) in [5.41, 5.74) is 2.13. The maximum absolute atomic E-state index is 12.4. The Morgan fingerprint density at radius 2 is 2.21 bits per heavy atom. The Bertz CT molecular complexity index is 758. The number of nitrogens with zero attached hydrogens (tertiary/aromatic N) is 4. The maximum atomic E-state index is 12.4. The van der Waals surface area contributed by atoms with Crippen molar-refractivity contribution < 1.29 is 14.3 Å². The van der Waals surface area contributed by atoms with Gasteiger partial charge in [0.2, 0.25) is 0 Å². The van der Waals surface area contributed by atoms with E-state index in [4.69, 9.17) is 4.74 Å². The third-order valence-corrected chi connectivity index (χ3v) is 3.72. The molecule has 2 aromatic rings. The van der Waals surface area contributed by atoms with Crippen LogP contribution in [0, 0.1) is 0 Å². The van der Waals surface area contributed by atoms with Crippen LogP contribution in [0.15, 0.2) is 36.7 Å². The zero-order valence-corrected chi connectivity index (χ0v) is 13.6. The Morgan fingerprint density at radius 3 is 2.88 bits per heavy atom. The lowest BCUT2D eigenvalue weighted by Gasteiger charge is -2.21. The van der Waals surface area contributed by atoms with Crippen molar-refractivity contribution in [3.63, 3.8) is 0 Å². The second-order valence-corrected chi connectivity index (χ2v) is 5.59. The summed E-state index contributed by atoms with van der Waals surface area (Å²) in [7, 11) is 3.53. The molecule has 1 aliphatic rings. The lowest BCUT2D eigenvalue weighted by atomic mass is 10.2. The molecule has 3 amide bonds. The number of aromatic nitrogens is 2. The first-order chi connectivity index (χ1) is 11.5. The molecule has 8 heteroatoms. The number of carbonyl (C=O) groups excluding carboxylic acids is 2. The minimum absolute atomic E-state index is 0.265. The van der Waals surface area contributed by atoms with Gasteiger partial charge >= 0.3 is 12.1 Å². The predicted molar refractivity (Wildman–Crippen MR) is 88.8 cm³/mol. The second kappa shape index (κ2) is 6.61. The van der Waals surface area contributed by atoms with Crippen molar-refractivity contribution in [2.24, 2.45) is 7.05 Å². The van der Waals surface area contributed by atoms with Crippen molar-refractivity contribution in [2.75, 3.05) is 30.4 Å². The molecule has 0 spiro atoms. The minimum atomic E-state index is -0.402. The third-order valence-electron chi connectivity index (χ3n) is 3.72. The van der Waals surface area contributed by atoms with Gasteiger partial charge in [-0.2, -0.15) is 5.10 Å². The molecule has 126 valence electrons. The van der Waals surface area contributed by atoms with E-state index in [1.807, 2.05) is 25.4 Å². The number of aryl methyl sites for hydroxylation is 1. The third kappa shape index (κ3) is 3.32. The van der Waals surface area contributed by atoms with Crippen molar-refractivity contribution in [3.05, 3.63) is 42.2 Å². The molecule has 1 N–H and O–H groups in total. The van der Waals surface area contributed by atoms with E-state index in [2.05, 4.69) is 10.4 Å². The zero-order chi connectivity index (χ0) is 17.1. The average molecular weight is 329 g/mol. The number of ether oxygens (including phenoxy) is 1. The number of benzene rings is 1. The van der Waals surface area contributed by atoms with Crippen LogP contribution < -0.4 is 10.2 Å². The monoisotopic (exact) mass is 329 g/mol. The molecule has 1 aromatic carbocycles. The molecule has 1 aliphatic heterocycles. The van der Waals surface area contributed by atoms with Gasteiger partial charge < -0.3 is 15.0 Å². The lowest BCUT2D eigenvalue weighted by molar-refractivity contribution is 0.181. The number of hydrogen-bond acceptors (Lipinski definition) is 4. The summed E-state index contributed by atoms with van der Waals surface area (Å²) in [4.78, 5) is 27.2. The summed E-state index contributed by atoms with van der Waals surface area (Å²) in [6, 6.07) is 6.90. The van der Waals surface area contributed by atoms with Crippen molar-refractivity contribution in [1.29, 1.82) is 0 Å². The van der Waals surface area contributed by atoms with Crippen molar-refractivity contribution in [2.45, 2.75) is 6.54 Å². The minimum Gasteiger partial charge on any atom is -0.447 e. The highest BCUT2D eigenvalue weighted by Crippen LogP contribution is 2.28. The van der Waals surface area contributed by atoms with Gasteiger partial charge in [0.1, 0.15) is 6.61 Å². The molecule has 0 bridgehead atoms. The summed E-state index contributed by atoms with van der Waals surface area (Å²) >= 11 is 0. The van der Waals surface area contributed by atoms with Crippen LogP contribution in [0.3, 0.4) is 0 Å². The maximum Gasteiger partial charge on any atom is 0.414 e. The van der Waals surface area contributed by atoms with Crippen LogP contribution in [-0.4, -0.2) is 47.0 Å². The van der Waals surface area contributed by atoms with Gasteiger partial charge in [-0.3, -0.25) is 9.58 Å². The Balaban J connectivity index is 1.71. The van der Waals surface area contributed by atoms with Crippen LogP contribution in [0.4, 0.5) is 21.0 Å². The van der Waals surface area contributed by atoms with Gasteiger partial charge in [0.05, 0.1) is 30.7 Å². The van der Waals surface area contributed by atoms with Gasteiger partial charge in [0, 0.05) is 25.9 Å². The van der Waals surface area contributed by atoms with Crippen LogP contribution >= 0.6 is 0 Å². The number of amides is 3. The summed E-state index contributed by atoms with van der Waals surface area (Å²) in [5.74, 6) is 0. The predicted octanol–water partition coefficient (Wildman–Crippen LogP) is 2.04. The summed E-state index contributed by atoms with van der Waals surface area (Å²) in [6.07, 6.45) is 3.18. The highest BCUT2D eigenvalue weighted by atomic mass is 16.6. The van der Waals surface area contributed by atoms with Crippen LogP contribution in [0.2, 0.25) is 0 Å². The molecule has 3 rings (SSSR count). The topological polar surface area (TPSA) is 79.7 Å². The Hall–Kier alpha value is -3.03. The van der Waals surface area contributed by atoms with Gasteiger partial charge in [-0.15, -0.1) is 0 Å². The number of rotatable bonds is 4. The molecule has 0 atom stereocenters. The fraction of sp³-hybridized carbons (Fsp3) is 0.312. The van der Waals surface area contributed by atoms with Crippen LogP contribution in [0.25, 0.3) is 0 Å². The molecule has 1 saturated heterocycles. The zero-order valence-electron chi connectivity index (χ0n) is 13.6. The molecule has 1 fully saturated rings. The van der Waals surface area contributed by atoms with Gasteiger partial charge in [-0.1, -0.05) is 12.1 Å². The van der Waals surface area contributed by atoms with Crippen LogP contribution in [0.5, 0.6) is 0 Å². The number of urea groups is 1. The average Bonchev–Trinajstić information content (AvgIpc) is 3.16. The fourth-order valence-electron chi connectivity index (χ4n) is 2.54. The SMILES string of the molecule is CN(Cc1cnn(C)c1)C(=O)Nc1ccccc1N1CCOC1=O. The van der Waals surface area contributed by atoms with Crippen LogP contribution in [-0.2, 0) is 18.3 Å². The van der Waals surface area contributed by atoms with Gasteiger partial charge in [0.25, 0.3) is 0 Å². The van der Waals surface area contributed by atoms with Gasteiger partial charge in [-0.25, -0.2) is 9.59 Å². The first-order valence-electron chi connectivity index (χ1n) is 7.57. The molecule has 0 radical (unpaired) electrons. The highest BCUT2D eigenvalue weighted by molar-refractivity contribution is 5.98. The molecule has 1 aromatic heterocycles. The van der Waals surface area contributed by atoms with Crippen molar-refractivity contribution in [1.82, 2.24) is 14.7 Å². The Kier molecular flexibility index (Phi) is 4.37. The number of hydrogen-bond donors (Lipinski definition) is 1. The number of carbonyl (C=O) groups is 2. The lowest BCUT2D eigenvalue weighted by Crippen LogP contribution is -2.32. The highest BCUT2D eigenvalue weighted by Gasteiger charge is 2.26. The van der Waals surface area contributed by atoms with Crippen molar-refractivity contribution >= 4 is 23.5 Å². The standard InChI is InChI=1S/C16H19N5O3/c1-19(10-12-9-17-20(2)11-12)15(22)18-13-5-3-4-6-14(13)21-7-8-24-16(21)23/h3-6,9,11H,7-8,10H2,1-2H3,(H,18,22). The summed E-state index contributed by atoms with van der Waals surface area (Å²) in [6.45, 7) is 1.26. The van der Waals surface area contributed by atoms with E-state index in [1.54, 1.807) is 35.0 Å². The van der Waals surface area contributed by atoms with Crippen molar-refractivity contribution in [3.8, 4) is 0 Å². The van der Waals surface area contributed by atoms with Gasteiger partial charge in [0.15, 0.2) is 0 Å². The van der Waals surface area contributed by atoms with E-state index in [0.717, 1.165) is 5.56 Å². The van der Waals surface area contributed by atoms with Gasteiger partial charge in [-0.05, 0) is 12.1 Å². The number of para-hydroxylation sites is 2. The van der Waals surface area contributed by atoms with E-state index in [-0.39, 0.29) is 6.03 Å². The first kappa shape index (κ1) is 15.9. The molecule has 0 unspecified atom stereocenters. The largest absolute Gasteiger partial charge is 0.447 e. The van der Waals surface area contributed by atoms with E-state index >= 15 is 0 Å². The van der Waals surface area contributed by atoms with E-state index in [0.29, 0.717) is 31.1 Å². The van der Waals surface area contributed by atoms with E-state index < -0.39 is 6.09 Å². The van der Waals surface area contributed by atoms with E-state index in [1.165, 1.54) is 4.90 Å². The smallest absolute Gasteiger partial charge is 0.414 e. The normalized spacial score (nSPS) is 13.8. The fourth-order valence-corrected chi connectivity index (χ4v) is 2.54. The summed E-state index contributed by atoms with van der Waals surface area (Å²) < 4.78 is 6.65. The second-order valence-electron chi connectivity index (χ2n) is 5.59. The number of anilines is 2. The molecular weight excluding hydrogens is 310 g/mol. The molecule has 24 heavy (non-hydrogen) atoms. The Morgan fingerprint density at radius 1 is 1.42 bits per heavy atom. The van der Waals surface area contributed by atoms with E-state index in [9.17, 15) is 9.59 Å².